The van der Waals surface area contributed by atoms with Gasteiger partial charge in [-0.25, -0.2) is 0 Å². The van der Waals surface area contributed by atoms with Crippen LogP contribution in [0.1, 0.15) is 37.3 Å². The first kappa shape index (κ1) is 17.4. The summed E-state index contributed by atoms with van der Waals surface area (Å²) in [6.07, 6.45) is 6.61. The summed E-state index contributed by atoms with van der Waals surface area (Å²) >= 11 is 0. The van der Waals surface area contributed by atoms with E-state index in [9.17, 15) is 9.59 Å². The fourth-order valence-corrected chi connectivity index (χ4v) is 3.81. The predicted octanol–water partition coefficient (Wildman–Crippen LogP) is 1.06. The minimum atomic E-state index is -0.697. The Bertz CT molecular complexity index is 643. The second kappa shape index (κ2) is 7.72. The number of hydrogen-bond acceptors (Lipinski definition) is 5. The van der Waals surface area contributed by atoms with Gasteiger partial charge < -0.3 is 19.7 Å². The number of carbonyl (C=O) groups is 2. The highest BCUT2D eigenvalue weighted by Crippen LogP contribution is 2.39. The van der Waals surface area contributed by atoms with Crippen molar-refractivity contribution in [2.24, 2.45) is 5.92 Å². The molecule has 0 radical (unpaired) electrons. The molecule has 3 aliphatic rings. The number of ether oxygens (including phenoxy) is 2. The van der Waals surface area contributed by atoms with Crippen molar-refractivity contribution in [3.63, 3.8) is 0 Å². The monoisotopic (exact) mass is 359 g/mol. The molecule has 0 spiro atoms. The van der Waals surface area contributed by atoms with Crippen LogP contribution in [-0.2, 0) is 19.1 Å². The summed E-state index contributed by atoms with van der Waals surface area (Å²) in [5.74, 6) is 0.243. The number of hydrogen-bond donors (Lipinski definition) is 1. The van der Waals surface area contributed by atoms with Gasteiger partial charge in [-0.05, 0) is 43.2 Å². The van der Waals surface area contributed by atoms with Gasteiger partial charge in [-0.3, -0.25) is 14.6 Å². The number of pyridine rings is 1. The minimum Gasteiger partial charge on any atom is -0.381 e. The molecular weight excluding hydrogens is 334 g/mol. The molecule has 4 rings (SSSR count). The number of aromatic nitrogens is 1. The van der Waals surface area contributed by atoms with Gasteiger partial charge in [0.2, 0.25) is 5.91 Å². The zero-order valence-electron chi connectivity index (χ0n) is 14.8. The van der Waals surface area contributed by atoms with Crippen molar-refractivity contribution in [3.8, 4) is 0 Å². The van der Waals surface area contributed by atoms with Crippen molar-refractivity contribution in [2.45, 2.75) is 43.9 Å². The number of morpholine rings is 1. The van der Waals surface area contributed by atoms with Gasteiger partial charge in [0.15, 0.2) is 6.10 Å². The molecule has 0 bridgehead atoms. The quantitative estimate of drug-likeness (QED) is 0.850. The average Bonchev–Trinajstić information content (AvgIpc) is 3.52. The van der Waals surface area contributed by atoms with Crippen LogP contribution in [0.3, 0.4) is 0 Å². The number of rotatable bonds is 5. The third-order valence-corrected chi connectivity index (χ3v) is 5.39. The van der Waals surface area contributed by atoms with E-state index < -0.39 is 12.1 Å². The molecule has 1 aromatic heterocycles. The maximum absolute atomic E-state index is 12.9. The van der Waals surface area contributed by atoms with E-state index in [0.29, 0.717) is 12.5 Å². The van der Waals surface area contributed by atoms with Crippen LogP contribution in [0.15, 0.2) is 24.5 Å². The Kier molecular flexibility index (Phi) is 5.17. The van der Waals surface area contributed by atoms with Crippen molar-refractivity contribution < 1.29 is 19.1 Å². The number of amides is 2. The molecule has 3 fully saturated rings. The predicted molar refractivity (Wildman–Crippen MR) is 93.1 cm³/mol. The molecule has 7 heteroatoms. The van der Waals surface area contributed by atoms with E-state index in [4.69, 9.17) is 9.47 Å². The molecule has 1 N–H and O–H groups in total. The second-order valence-corrected chi connectivity index (χ2v) is 7.30. The van der Waals surface area contributed by atoms with Crippen molar-refractivity contribution in [3.05, 3.63) is 30.1 Å². The molecule has 2 amide bonds. The van der Waals surface area contributed by atoms with E-state index in [1.165, 1.54) is 0 Å². The Labute approximate surface area is 153 Å². The van der Waals surface area contributed by atoms with E-state index in [0.717, 1.165) is 44.5 Å². The number of nitrogens with one attached hydrogen (secondary N) is 1. The normalized spacial score (nSPS) is 27.4. The molecule has 0 unspecified atom stereocenters. The molecule has 2 aliphatic heterocycles. The van der Waals surface area contributed by atoms with Gasteiger partial charge in [-0.2, -0.15) is 0 Å². The molecular formula is C19H25N3O4. The largest absolute Gasteiger partial charge is 0.381 e. The molecule has 2 atom stereocenters. The minimum absolute atomic E-state index is 0.0391. The molecule has 140 valence electrons. The van der Waals surface area contributed by atoms with E-state index in [1.807, 2.05) is 17.0 Å². The second-order valence-electron chi connectivity index (χ2n) is 7.30. The van der Waals surface area contributed by atoms with Crippen LogP contribution in [0.5, 0.6) is 0 Å². The highest BCUT2D eigenvalue weighted by atomic mass is 16.5. The Morgan fingerprint density at radius 3 is 2.77 bits per heavy atom. The summed E-state index contributed by atoms with van der Waals surface area (Å²) in [5, 5.41) is 3.04. The van der Waals surface area contributed by atoms with Gasteiger partial charge in [-0.15, -0.1) is 0 Å². The molecule has 7 nitrogen and oxygen atoms in total. The Morgan fingerprint density at radius 2 is 2.08 bits per heavy atom. The van der Waals surface area contributed by atoms with Crippen molar-refractivity contribution >= 4 is 11.8 Å². The summed E-state index contributed by atoms with van der Waals surface area (Å²) in [6, 6.07) is 3.54. The van der Waals surface area contributed by atoms with Gasteiger partial charge in [0.25, 0.3) is 5.91 Å². The van der Waals surface area contributed by atoms with E-state index in [1.54, 1.807) is 12.4 Å². The van der Waals surface area contributed by atoms with Gasteiger partial charge in [0.05, 0.1) is 6.04 Å². The molecule has 1 saturated carbocycles. The summed E-state index contributed by atoms with van der Waals surface area (Å²) in [6.45, 7) is 2.09. The van der Waals surface area contributed by atoms with Crippen LogP contribution in [-0.4, -0.2) is 60.2 Å². The van der Waals surface area contributed by atoms with E-state index >= 15 is 0 Å². The highest BCUT2D eigenvalue weighted by molar-refractivity contribution is 5.86. The highest BCUT2D eigenvalue weighted by Gasteiger charge is 2.47. The van der Waals surface area contributed by atoms with Crippen LogP contribution >= 0.6 is 0 Å². The van der Waals surface area contributed by atoms with Gasteiger partial charge in [0, 0.05) is 38.2 Å². The van der Waals surface area contributed by atoms with E-state index in [2.05, 4.69) is 10.3 Å². The molecule has 3 heterocycles. The van der Waals surface area contributed by atoms with Crippen molar-refractivity contribution in [1.29, 1.82) is 0 Å². The lowest BCUT2D eigenvalue weighted by Crippen LogP contribution is -2.55. The first-order valence-electron chi connectivity index (χ1n) is 9.42. The lowest BCUT2D eigenvalue weighted by atomic mass is 9.97. The third kappa shape index (κ3) is 3.73. The summed E-state index contributed by atoms with van der Waals surface area (Å²) in [4.78, 5) is 31.4. The zero-order valence-corrected chi connectivity index (χ0v) is 14.8. The summed E-state index contributed by atoms with van der Waals surface area (Å²) < 4.78 is 11.1. The molecule has 2 saturated heterocycles. The lowest BCUT2D eigenvalue weighted by Gasteiger charge is -2.40. The van der Waals surface area contributed by atoms with E-state index in [-0.39, 0.29) is 24.5 Å². The van der Waals surface area contributed by atoms with Crippen molar-refractivity contribution in [2.75, 3.05) is 26.4 Å². The maximum atomic E-state index is 12.9. The fourth-order valence-electron chi connectivity index (χ4n) is 3.81. The average molecular weight is 359 g/mol. The summed E-state index contributed by atoms with van der Waals surface area (Å²) in [5.41, 5.74) is 0.846. The van der Waals surface area contributed by atoms with Gasteiger partial charge in [0.1, 0.15) is 6.61 Å². The van der Waals surface area contributed by atoms with Crippen molar-refractivity contribution in [1.82, 2.24) is 15.2 Å². The third-order valence-electron chi connectivity index (χ3n) is 5.39. The Hall–Kier alpha value is -1.99. The molecule has 1 aliphatic carbocycles. The first-order chi connectivity index (χ1) is 12.7. The smallest absolute Gasteiger partial charge is 0.251 e. The maximum Gasteiger partial charge on any atom is 0.251 e. The lowest BCUT2D eigenvalue weighted by molar-refractivity contribution is -0.165. The number of nitrogens with zero attached hydrogens (tertiary/aromatic N) is 2. The SMILES string of the molecule is O=C(NCC1CCOCC1)[C@H]1OCC(=O)N(C2CC2)[C@@H]1c1cccnc1. The van der Waals surface area contributed by atoms with Crippen LogP contribution in [0.4, 0.5) is 0 Å². The topological polar surface area (TPSA) is 80.8 Å². The van der Waals surface area contributed by atoms with Crippen LogP contribution in [0.25, 0.3) is 0 Å². The molecule has 1 aromatic rings. The van der Waals surface area contributed by atoms with Crippen LogP contribution in [0.2, 0.25) is 0 Å². The zero-order chi connectivity index (χ0) is 17.9. The van der Waals surface area contributed by atoms with Crippen LogP contribution < -0.4 is 5.32 Å². The van der Waals surface area contributed by atoms with Crippen LogP contribution in [0, 0.1) is 5.92 Å². The standard InChI is InChI=1S/C19H25N3O4/c23-16-12-26-18(19(24)21-10-13-5-8-25-9-6-13)17(22(16)15-3-4-15)14-2-1-7-20-11-14/h1-2,7,11,13,15,17-18H,3-6,8-10,12H2,(H,21,24)/t17-,18+/m1/s1. The molecule has 26 heavy (non-hydrogen) atoms. The Balaban J connectivity index is 1.50. The fraction of sp³-hybridized carbons (Fsp3) is 0.632. The Morgan fingerprint density at radius 1 is 1.27 bits per heavy atom. The van der Waals surface area contributed by atoms with Gasteiger partial charge in [-0.1, -0.05) is 6.07 Å². The summed E-state index contributed by atoms with van der Waals surface area (Å²) in [7, 11) is 0. The van der Waals surface area contributed by atoms with Gasteiger partial charge >= 0.3 is 0 Å². The first-order valence-corrected chi connectivity index (χ1v) is 9.42. The number of carbonyl (C=O) groups excluding carboxylic acids is 2. The molecule has 0 aromatic carbocycles.